The summed E-state index contributed by atoms with van der Waals surface area (Å²) in [6.45, 7) is 2.36. The van der Waals surface area contributed by atoms with Gasteiger partial charge in [-0.3, -0.25) is 0 Å². The van der Waals surface area contributed by atoms with Crippen LogP contribution in [0.1, 0.15) is 6.42 Å². The van der Waals surface area contributed by atoms with Crippen LogP contribution < -0.4 is 10.2 Å². The molecule has 2 saturated heterocycles. The maximum absolute atomic E-state index is 3.51. The number of hydrogen-bond donors (Lipinski definition) is 1. The molecule has 2 bridgehead atoms. The minimum Gasteiger partial charge on any atom is -0.366 e. The Morgan fingerprint density at radius 2 is 2.00 bits per heavy atom. The molecule has 0 amide bonds. The second kappa shape index (κ2) is 3.91. The van der Waals surface area contributed by atoms with Crippen LogP contribution in [0.4, 0.5) is 5.69 Å². The molecule has 2 atom stereocenters. The number of rotatable bonds is 1. The summed E-state index contributed by atoms with van der Waals surface area (Å²) < 4.78 is 0. The van der Waals surface area contributed by atoms with Gasteiger partial charge < -0.3 is 10.2 Å². The molecule has 14 heavy (non-hydrogen) atoms. The molecule has 0 aromatic heterocycles. The van der Waals surface area contributed by atoms with Crippen molar-refractivity contribution in [3.8, 4) is 0 Å². The summed E-state index contributed by atoms with van der Waals surface area (Å²) in [7, 11) is 0. The van der Waals surface area contributed by atoms with Gasteiger partial charge in [0.25, 0.3) is 0 Å². The predicted octanol–water partition coefficient (Wildman–Crippen LogP) is 1.81. The second-order valence-corrected chi connectivity index (χ2v) is 3.98. The van der Waals surface area contributed by atoms with E-state index >= 15 is 0 Å². The number of anilines is 1. The molecule has 1 N–H and O–H groups in total. The van der Waals surface area contributed by atoms with Gasteiger partial charge in [-0.25, -0.2) is 0 Å². The number of para-hydroxylation sites is 1. The van der Waals surface area contributed by atoms with Gasteiger partial charge in [-0.15, -0.1) is 17.0 Å². The highest BCUT2D eigenvalue weighted by atomic mass is 79.9. The van der Waals surface area contributed by atoms with E-state index in [9.17, 15) is 0 Å². The van der Waals surface area contributed by atoms with Gasteiger partial charge in [-0.1, -0.05) is 18.2 Å². The lowest BCUT2D eigenvalue weighted by atomic mass is 10.2. The lowest BCUT2D eigenvalue weighted by Gasteiger charge is -2.29. The van der Waals surface area contributed by atoms with Gasteiger partial charge in [0.1, 0.15) is 0 Å². The van der Waals surface area contributed by atoms with E-state index in [1.54, 1.807) is 0 Å². The number of benzene rings is 1. The fourth-order valence-corrected chi connectivity index (χ4v) is 2.50. The van der Waals surface area contributed by atoms with Gasteiger partial charge in [-0.05, 0) is 18.6 Å². The van der Waals surface area contributed by atoms with Gasteiger partial charge in [0, 0.05) is 30.9 Å². The molecule has 0 aliphatic carbocycles. The first-order chi connectivity index (χ1) is 6.43. The summed E-state index contributed by atoms with van der Waals surface area (Å²) in [5, 5.41) is 3.51. The average molecular weight is 255 g/mol. The molecule has 0 spiro atoms. The number of hydrogen-bond acceptors (Lipinski definition) is 2. The van der Waals surface area contributed by atoms with E-state index in [0.717, 1.165) is 12.1 Å². The smallest absolute Gasteiger partial charge is 0.0430 e. The standard InChI is InChI=1S/C11H14N2.BrH/c1-2-4-10(5-3-1)13-8-9-6-11(13)7-12-9;/h1-5,9,11-12H,6-8H2;1H/t9-,11-;/m1./s1. The molecule has 2 nitrogen and oxygen atoms in total. The van der Waals surface area contributed by atoms with E-state index in [1.165, 1.54) is 25.2 Å². The largest absolute Gasteiger partial charge is 0.366 e. The zero-order chi connectivity index (χ0) is 8.67. The first-order valence-electron chi connectivity index (χ1n) is 4.98. The van der Waals surface area contributed by atoms with Crippen molar-refractivity contribution in [3.63, 3.8) is 0 Å². The molecule has 0 saturated carbocycles. The molecule has 2 heterocycles. The number of nitrogens with one attached hydrogen (secondary N) is 1. The number of halogens is 1. The molecule has 3 heteroatoms. The zero-order valence-electron chi connectivity index (χ0n) is 8.02. The molecule has 1 aromatic carbocycles. The molecule has 0 unspecified atom stereocenters. The third kappa shape index (κ3) is 1.55. The van der Waals surface area contributed by atoms with E-state index in [-0.39, 0.29) is 17.0 Å². The highest BCUT2D eigenvalue weighted by Gasteiger charge is 2.37. The van der Waals surface area contributed by atoms with Crippen molar-refractivity contribution in [1.29, 1.82) is 0 Å². The highest BCUT2D eigenvalue weighted by Crippen LogP contribution is 2.28. The van der Waals surface area contributed by atoms with Crippen LogP contribution >= 0.6 is 17.0 Å². The summed E-state index contributed by atoms with van der Waals surface area (Å²) in [6.07, 6.45) is 1.33. The van der Waals surface area contributed by atoms with Crippen molar-refractivity contribution in [2.45, 2.75) is 18.5 Å². The molecule has 1 aromatic rings. The van der Waals surface area contributed by atoms with Crippen LogP contribution in [0.15, 0.2) is 30.3 Å². The highest BCUT2D eigenvalue weighted by molar-refractivity contribution is 8.93. The van der Waals surface area contributed by atoms with Gasteiger partial charge in [0.15, 0.2) is 0 Å². The summed E-state index contributed by atoms with van der Waals surface area (Å²) in [5.41, 5.74) is 1.39. The Labute approximate surface area is 95.1 Å². The third-order valence-corrected chi connectivity index (χ3v) is 3.14. The zero-order valence-corrected chi connectivity index (χ0v) is 9.73. The van der Waals surface area contributed by atoms with E-state index in [2.05, 4.69) is 40.5 Å². The summed E-state index contributed by atoms with van der Waals surface area (Å²) in [4.78, 5) is 2.53. The lowest BCUT2D eigenvalue weighted by molar-refractivity contribution is 0.580. The van der Waals surface area contributed by atoms with Crippen molar-refractivity contribution in [3.05, 3.63) is 30.3 Å². The first kappa shape index (κ1) is 9.99. The Balaban J connectivity index is 0.000000750. The Hall–Kier alpha value is -0.540. The number of nitrogens with zero attached hydrogens (tertiary/aromatic N) is 1. The van der Waals surface area contributed by atoms with Crippen molar-refractivity contribution >= 4 is 22.7 Å². The summed E-state index contributed by atoms with van der Waals surface area (Å²) >= 11 is 0. The quantitative estimate of drug-likeness (QED) is 0.823. The molecule has 0 radical (unpaired) electrons. The molecule has 2 aliphatic heterocycles. The number of fused-ring (bicyclic) bond motifs is 2. The lowest BCUT2D eigenvalue weighted by Crippen LogP contribution is -2.43. The molecular formula is C11H15BrN2. The third-order valence-electron chi connectivity index (χ3n) is 3.14. The van der Waals surface area contributed by atoms with Gasteiger partial charge in [0.05, 0.1) is 0 Å². The van der Waals surface area contributed by atoms with Crippen LogP contribution in [-0.4, -0.2) is 25.2 Å². The Morgan fingerprint density at radius 1 is 1.21 bits per heavy atom. The fraction of sp³-hybridized carbons (Fsp3) is 0.455. The monoisotopic (exact) mass is 254 g/mol. The van der Waals surface area contributed by atoms with Crippen LogP contribution in [0.5, 0.6) is 0 Å². The van der Waals surface area contributed by atoms with Crippen molar-refractivity contribution in [2.24, 2.45) is 0 Å². The minimum atomic E-state index is 0. The van der Waals surface area contributed by atoms with Crippen LogP contribution in [0.25, 0.3) is 0 Å². The van der Waals surface area contributed by atoms with Crippen molar-refractivity contribution in [2.75, 3.05) is 18.0 Å². The molecular weight excluding hydrogens is 240 g/mol. The van der Waals surface area contributed by atoms with E-state index in [0.29, 0.717) is 0 Å². The minimum absolute atomic E-state index is 0. The van der Waals surface area contributed by atoms with E-state index < -0.39 is 0 Å². The van der Waals surface area contributed by atoms with Gasteiger partial charge in [0.2, 0.25) is 0 Å². The van der Waals surface area contributed by atoms with E-state index in [1.807, 2.05) is 0 Å². The summed E-state index contributed by atoms with van der Waals surface area (Å²) in [5.74, 6) is 0. The van der Waals surface area contributed by atoms with Crippen molar-refractivity contribution < 1.29 is 0 Å². The average Bonchev–Trinajstić information content (AvgIpc) is 2.80. The molecule has 76 valence electrons. The normalized spacial score (nSPS) is 29.0. The topological polar surface area (TPSA) is 15.3 Å². The SMILES string of the molecule is Br.c1ccc(N2C[C@H]3C[C@@H]2CN3)cc1. The first-order valence-corrected chi connectivity index (χ1v) is 4.98. The number of piperazine rings is 1. The molecule has 2 aliphatic rings. The van der Waals surface area contributed by atoms with Gasteiger partial charge in [-0.2, -0.15) is 0 Å². The molecule has 3 rings (SSSR count). The van der Waals surface area contributed by atoms with Crippen LogP contribution in [0, 0.1) is 0 Å². The second-order valence-electron chi connectivity index (χ2n) is 3.98. The fourth-order valence-electron chi connectivity index (χ4n) is 2.50. The molecule has 2 fully saturated rings. The van der Waals surface area contributed by atoms with Crippen LogP contribution in [0.2, 0.25) is 0 Å². The summed E-state index contributed by atoms with van der Waals surface area (Å²) in [6, 6.07) is 12.2. The Bertz CT molecular complexity index is 301. The van der Waals surface area contributed by atoms with Gasteiger partial charge >= 0.3 is 0 Å². The predicted molar refractivity (Wildman–Crippen MR) is 64.3 cm³/mol. The Morgan fingerprint density at radius 3 is 2.57 bits per heavy atom. The van der Waals surface area contributed by atoms with Crippen LogP contribution in [-0.2, 0) is 0 Å². The van der Waals surface area contributed by atoms with Crippen molar-refractivity contribution in [1.82, 2.24) is 5.32 Å². The Kier molecular flexibility index (Phi) is 2.79. The maximum Gasteiger partial charge on any atom is 0.0430 e. The van der Waals surface area contributed by atoms with E-state index in [4.69, 9.17) is 0 Å². The maximum atomic E-state index is 3.51. The van der Waals surface area contributed by atoms with Crippen LogP contribution in [0.3, 0.4) is 0 Å².